The Kier molecular flexibility index (Phi) is 8.84. The molecule has 2 aromatic carbocycles. The smallest absolute Gasteiger partial charge is 0.265 e. The van der Waals surface area contributed by atoms with E-state index in [0.29, 0.717) is 39.9 Å². The molecule has 0 aliphatic rings. The van der Waals surface area contributed by atoms with Crippen LogP contribution in [0.2, 0.25) is 5.02 Å². The molecule has 0 atom stereocenters. The molecule has 0 heterocycles. The van der Waals surface area contributed by atoms with Gasteiger partial charge < -0.3 is 19.6 Å². The summed E-state index contributed by atoms with van der Waals surface area (Å²) in [6.45, 7) is 6.14. The molecule has 0 unspecified atom stereocenters. The van der Waals surface area contributed by atoms with Gasteiger partial charge in [0.15, 0.2) is 18.1 Å². The SMILES string of the molecule is C=CCOc1c(Br)cc(/C=N/OCC(=O)Nc2ccc(Cl)cc2)cc1OCC. The molecule has 0 fully saturated rings. The van der Waals surface area contributed by atoms with Crippen molar-refractivity contribution in [3.05, 3.63) is 64.1 Å². The Bertz CT molecular complexity index is 841. The van der Waals surface area contributed by atoms with E-state index in [1.54, 1.807) is 36.4 Å². The van der Waals surface area contributed by atoms with Crippen molar-refractivity contribution in [2.45, 2.75) is 6.92 Å². The van der Waals surface area contributed by atoms with E-state index in [-0.39, 0.29) is 12.5 Å². The summed E-state index contributed by atoms with van der Waals surface area (Å²) < 4.78 is 11.9. The molecule has 6 nitrogen and oxygen atoms in total. The van der Waals surface area contributed by atoms with Crippen molar-refractivity contribution in [3.8, 4) is 11.5 Å². The van der Waals surface area contributed by atoms with E-state index in [1.807, 2.05) is 13.0 Å². The van der Waals surface area contributed by atoms with E-state index in [9.17, 15) is 4.79 Å². The normalized spacial score (nSPS) is 10.5. The highest BCUT2D eigenvalue weighted by molar-refractivity contribution is 9.10. The van der Waals surface area contributed by atoms with Gasteiger partial charge in [0.2, 0.25) is 0 Å². The third kappa shape index (κ3) is 6.90. The van der Waals surface area contributed by atoms with Crippen molar-refractivity contribution >= 4 is 45.3 Å². The van der Waals surface area contributed by atoms with Crippen LogP contribution in [0.4, 0.5) is 5.69 Å². The van der Waals surface area contributed by atoms with Gasteiger partial charge >= 0.3 is 0 Å². The maximum atomic E-state index is 11.9. The summed E-state index contributed by atoms with van der Waals surface area (Å²) >= 11 is 9.26. The predicted molar refractivity (Wildman–Crippen MR) is 115 cm³/mol. The van der Waals surface area contributed by atoms with Crippen LogP contribution in [0.1, 0.15) is 12.5 Å². The van der Waals surface area contributed by atoms with Gasteiger partial charge in [0.25, 0.3) is 5.91 Å². The van der Waals surface area contributed by atoms with Gasteiger partial charge in [-0.3, -0.25) is 4.79 Å². The number of ether oxygens (including phenoxy) is 2. The predicted octanol–water partition coefficient (Wildman–Crippen LogP) is 5.06. The zero-order chi connectivity index (χ0) is 20.4. The Morgan fingerprint density at radius 1 is 1.29 bits per heavy atom. The first-order chi connectivity index (χ1) is 13.5. The Balaban J connectivity index is 1.94. The summed E-state index contributed by atoms with van der Waals surface area (Å²) in [4.78, 5) is 16.9. The highest BCUT2D eigenvalue weighted by Crippen LogP contribution is 2.36. The van der Waals surface area contributed by atoms with Crippen LogP contribution < -0.4 is 14.8 Å². The van der Waals surface area contributed by atoms with Gasteiger partial charge in [0.1, 0.15) is 6.61 Å². The number of halogens is 2. The minimum absolute atomic E-state index is 0.223. The standard InChI is InChI=1S/C20H20BrClN2O4/c1-3-9-27-20-17(21)10-14(11-18(20)26-4-2)12-23-28-13-19(25)24-16-7-5-15(22)6-8-16/h3,5-8,10-12H,1,4,9,13H2,2H3,(H,24,25)/b23-12+. The lowest BCUT2D eigenvalue weighted by atomic mass is 10.2. The van der Waals surface area contributed by atoms with Crippen LogP contribution in [0.25, 0.3) is 0 Å². The van der Waals surface area contributed by atoms with Gasteiger partial charge in [-0.15, -0.1) is 0 Å². The minimum Gasteiger partial charge on any atom is -0.490 e. The van der Waals surface area contributed by atoms with E-state index < -0.39 is 0 Å². The lowest BCUT2D eigenvalue weighted by molar-refractivity contribution is -0.120. The maximum absolute atomic E-state index is 11.9. The zero-order valence-corrected chi connectivity index (χ0v) is 17.6. The van der Waals surface area contributed by atoms with Crippen LogP contribution in [0.3, 0.4) is 0 Å². The monoisotopic (exact) mass is 466 g/mol. The van der Waals surface area contributed by atoms with Gasteiger partial charge in [-0.25, -0.2) is 0 Å². The summed E-state index contributed by atoms with van der Waals surface area (Å²) in [7, 11) is 0. The fraction of sp³-hybridized carbons (Fsp3) is 0.200. The zero-order valence-electron chi connectivity index (χ0n) is 15.3. The first-order valence-corrected chi connectivity index (χ1v) is 9.61. The van der Waals surface area contributed by atoms with Crippen molar-refractivity contribution in [1.29, 1.82) is 0 Å². The molecular weight excluding hydrogens is 448 g/mol. The first kappa shape index (κ1) is 21.8. The highest BCUT2D eigenvalue weighted by Gasteiger charge is 2.11. The lowest BCUT2D eigenvalue weighted by Gasteiger charge is -2.13. The third-order valence-corrected chi connectivity index (χ3v) is 4.12. The largest absolute Gasteiger partial charge is 0.490 e. The molecule has 0 saturated carbocycles. The second-order valence-electron chi connectivity index (χ2n) is 5.43. The summed E-state index contributed by atoms with van der Waals surface area (Å²) in [5.41, 5.74) is 1.35. The van der Waals surface area contributed by atoms with Crippen molar-refractivity contribution in [3.63, 3.8) is 0 Å². The summed E-state index contributed by atoms with van der Waals surface area (Å²) in [6.07, 6.45) is 3.14. The number of oxime groups is 1. The average Bonchev–Trinajstić information content (AvgIpc) is 2.67. The van der Waals surface area contributed by atoms with Crippen molar-refractivity contribution < 1.29 is 19.1 Å². The van der Waals surface area contributed by atoms with E-state index in [4.69, 9.17) is 25.9 Å². The third-order valence-electron chi connectivity index (χ3n) is 3.28. The minimum atomic E-state index is -0.330. The fourth-order valence-corrected chi connectivity index (χ4v) is 2.83. The fourth-order valence-electron chi connectivity index (χ4n) is 2.13. The van der Waals surface area contributed by atoms with Crippen LogP contribution in [0, 0.1) is 0 Å². The summed E-state index contributed by atoms with van der Waals surface area (Å²) in [5.74, 6) is 0.826. The molecule has 0 aromatic heterocycles. The van der Waals surface area contributed by atoms with Gasteiger partial charge in [-0.2, -0.15) is 0 Å². The Morgan fingerprint density at radius 2 is 2.04 bits per heavy atom. The summed E-state index contributed by atoms with van der Waals surface area (Å²) in [6, 6.07) is 10.4. The second kappa shape index (κ2) is 11.4. The lowest BCUT2D eigenvalue weighted by Crippen LogP contribution is -2.16. The van der Waals surface area contributed by atoms with E-state index in [1.165, 1.54) is 6.21 Å². The van der Waals surface area contributed by atoms with E-state index in [0.717, 1.165) is 5.56 Å². The summed E-state index contributed by atoms with van der Waals surface area (Å²) in [5, 5.41) is 7.11. The number of carbonyl (C=O) groups is 1. The number of rotatable bonds is 10. The van der Waals surface area contributed by atoms with Crippen LogP contribution in [0.15, 0.2) is 58.7 Å². The molecule has 0 aliphatic carbocycles. The number of hydrogen-bond donors (Lipinski definition) is 1. The van der Waals surface area contributed by atoms with Crippen LogP contribution in [-0.2, 0) is 9.63 Å². The molecule has 0 spiro atoms. The van der Waals surface area contributed by atoms with E-state index >= 15 is 0 Å². The Hall–Kier alpha value is -2.51. The molecule has 1 N–H and O–H groups in total. The van der Waals surface area contributed by atoms with Gasteiger partial charge in [0, 0.05) is 16.3 Å². The van der Waals surface area contributed by atoms with Crippen LogP contribution in [-0.4, -0.2) is 31.9 Å². The Morgan fingerprint density at radius 3 is 2.71 bits per heavy atom. The molecule has 28 heavy (non-hydrogen) atoms. The topological polar surface area (TPSA) is 69.2 Å². The molecule has 0 saturated heterocycles. The molecule has 0 radical (unpaired) electrons. The number of nitrogens with one attached hydrogen (secondary N) is 1. The average molecular weight is 468 g/mol. The number of anilines is 1. The molecule has 2 aromatic rings. The number of nitrogens with zero attached hydrogens (tertiary/aromatic N) is 1. The number of carbonyl (C=O) groups excluding carboxylic acids is 1. The molecule has 8 heteroatoms. The molecule has 1 amide bonds. The quantitative estimate of drug-likeness (QED) is 0.301. The van der Waals surface area contributed by atoms with Crippen LogP contribution in [0.5, 0.6) is 11.5 Å². The highest BCUT2D eigenvalue weighted by atomic mass is 79.9. The molecule has 148 valence electrons. The van der Waals surface area contributed by atoms with Crippen molar-refractivity contribution in [1.82, 2.24) is 0 Å². The Labute approximate surface area is 177 Å². The second-order valence-corrected chi connectivity index (χ2v) is 6.72. The molecule has 0 bridgehead atoms. The van der Waals surface area contributed by atoms with Gasteiger partial charge in [-0.1, -0.05) is 29.4 Å². The molecule has 2 rings (SSSR count). The molecule has 0 aliphatic heterocycles. The first-order valence-electron chi connectivity index (χ1n) is 8.44. The van der Waals surface area contributed by atoms with Gasteiger partial charge in [0.05, 0.1) is 17.3 Å². The number of hydrogen-bond acceptors (Lipinski definition) is 5. The van der Waals surface area contributed by atoms with Crippen molar-refractivity contribution in [2.24, 2.45) is 5.16 Å². The maximum Gasteiger partial charge on any atom is 0.265 e. The number of amides is 1. The number of benzene rings is 2. The van der Waals surface area contributed by atoms with Gasteiger partial charge in [-0.05, 0) is 59.3 Å². The van der Waals surface area contributed by atoms with Crippen LogP contribution >= 0.6 is 27.5 Å². The van der Waals surface area contributed by atoms with Crippen molar-refractivity contribution in [2.75, 3.05) is 25.1 Å². The van der Waals surface area contributed by atoms with E-state index in [2.05, 4.69) is 33.0 Å². The molecular formula is C20H20BrClN2O4.